The summed E-state index contributed by atoms with van der Waals surface area (Å²) in [6, 6.07) is 18.3. The van der Waals surface area contributed by atoms with E-state index in [4.69, 9.17) is 15.7 Å². The van der Waals surface area contributed by atoms with Gasteiger partial charge in [0.1, 0.15) is 11.3 Å². The van der Waals surface area contributed by atoms with Crippen LogP contribution in [0.15, 0.2) is 60.8 Å². The summed E-state index contributed by atoms with van der Waals surface area (Å²) in [5.74, 6) is 1.28. The smallest absolute Gasteiger partial charge is 0.220 e. The number of piperazine rings is 1. The summed E-state index contributed by atoms with van der Waals surface area (Å²) in [5.41, 5.74) is 11.3. The summed E-state index contributed by atoms with van der Waals surface area (Å²) in [5, 5.41) is 0. The topological polar surface area (TPSA) is 84.1 Å². The van der Waals surface area contributed by atoms with E-state index in [1.807, 2.05) is 36.5 Å². The molecule has 0 saturated carbocycles. The Kier molecular flexibility index (Phi) is 5.18. The minimum atomic E-state index is 0.270. The van der Waals surface area contributed by atoms with Crippen molar-refractivity contribution in [2.75, 3.05) is 43.9 Å². The number of aromatic nitrogens is 4. The molecular formula is C24H25N7. The molecule has 7 heteroatoms. The van der Waals surface area contributed by atoms with E-state index in [1.54, 1.807) is 0 Å². The monoisotopic (exact) mass is 411 g/mol. The van der Waals surface area contributed by atoms with Crippen LogP contribution in [0, 0.1) is 0 Å². The predicted molar refractivity (Wildman–Crippen MR) is 124 cm³/mol. The van der Waals surface area contributed by atoms with Crippen LogP contribution in [0.3, 0.4) is 0 Å². The summed E-state index contributed by atoms with van der Waals surface area (Å²) >= 11 is 0. The maximum absolute atomic E-state index is 5.96. The number of rotatable bonds is 4. The number of likely N-dealkylation sites (N-methyl/N-ethyl adjacent to an activating group) is 1. The molecule has 0 atom stereocenters. The highest BCUT2D eigenvalue weighted by atomic mass is 15.3. The molecule has 1 aliphatic heterocycles. The lowest BCUT2D eigenvalue weighted by Gasteiger charge is -2.33. The largest absolute Gasteiger partial charge is 0.368 e. The molecule has 0 spiro atoms. The standard InChI is InChI=1S/C24H25N7/c1-30-11-13-31(14-12-30)22-10-7-18(16-26-22)19-8-9-20-23(27-19)21(29-24(25)28-20)15-17-5-3-2-4-6-17/h2-10,16H,11-15H2,1H3,(H2,25,28,29). The van der Waals surface area contributed by atoms with Gasteiger partial charge in [0.25, 0.3) is 0 Å². The molecule has 3 aromatic heterocycles. The zero-order valence-corrected chi connectivity index (χ0v) is 17.6. The van der Waals surface area contributed by atoms with Crippen LogP contribution in [-0.2, 0) is 6.42 Å². The fourth-order valence-electron chi connectivity index (χ4n) is 3.93. The van der Waals surface area contributed by atoms with Crippen molar-refractivity contribution in [3.63, 3.8) is 0 Å². The van der Waals surface area contributed by atoms with Gasteiger partial charge in [0.2, 0.25) is 5.95 Å². The third-order valence-electron chi connectivity index (χ3n) is 5.72. The molecule has 0 unspecified atom stereocenters. The molecule has 1 fully saturated rings. The highest BCUT2D eigenvalue weighted by Crippen LogP contribution is 2.24. The van der Waals surface area contributed by atoms with Crippen molar-refractivity contribution in [3.8, 4) is 11.3 Å². The maximum atomic E-state index is 5.96. The van der Waals surface area contributed by atoms with Crippen molar-refractivity contribution in [1.29, 1.82) is 0 Å². The van der Waals surface area contributed by atoms with Crippen LogP contribution in [-0.4, -0.2) is 58.1 Å². The van der Waals surface area contributed by atoms with E-state index >= 15 is 0 Å². The molecule has 4 aromatic rings. The number of hydrogen-bond acceptors (Lipinski definition) is 7. The van der Waals surface area contributed by atoms with Gasteiger partial charge in [-0.2, -0.15) is 0 Å². The molecular weight excluding hydrogens is 386 g/mol. The average molecular weight is 412 g/mol. The highest BCUT2D eigenvalue weighted by Gasteiger charge is 2.16. The van der Waals surface area contributed by atoms with E-state index in [9.17, 15) is 0 Å². The number of nitrogens with two attached hydrogens (primary N) is 1. The van der Waals surface area contributed by atoms with Gasteiger partial charge in [-0.05, 0) is 36.9 Å². The van der Waals surface area contributed by atoms with Crippen LogP contribution in [0.25, 0.3) is 22.3 Å². The SMILES string of the molecule is CN1CCN(c2ccc(-c3ccc4nc(N)nc(Cc5ccccc5)c4n3)cn2)CC1. The third kappa shape index (κ3) is 4.18. The van der Waals surface area contributed by atoms with Gasteiger partial charge in [-0.1, -0.05) is 30.3 Å². The lowest BCUT2D eigenvalue weighted by atomic mass is 10.1. The number of anilines is 2. The van der Waals surface area contributed by atoms with E-state index in [0.29, 0.717) is 6.42 Å². The summed E-state index contributed by atoms with van der Waals surface area (Å²) < 4.78 is 0. The molecule has 0 bridgehead atoms. The minimum absolute atomic E-state index is 0.270. The van der Waals surface area contributed by atoms with Gasteiger partial charge >= 0.3 is 0 Å². The Morgan fingerprint density at radius 1 is 0.871 bits per heavy atom. The van der Waals surface area contributed by atoms with Crippen LogP contribution in [0.4, 0.5) is 11.8 Å². The highest BCUT2D eigenvalue weighted by molar-refractivity contribution is 5.81. The Hall–Kier alpha value is -3.58. The average Bonchev–Trinajstić information content (AvgIpc) is 2.80. The molecule has 156 valence electrons. The van der Waals surface area contributed by atoms with Crippen molar-refractivity contribution in [2.45, 2.75) is 6.42 Å². The zero-order valence-electron chi connectivity index (χ0n) is 17.6. The first-order valence-corrected chi connectivity index (χ1v) is 10.5. The van der Waals surface area contributed by atoms with Crippen molar-refractivity contribution in [3.05, 3.63) is 72.1 Å². The van der Waals surface area contributed by atoms with E-state index in [0.717, 1.165) is 65.5 Å². The molecule has 31 heavy (non-hydrogen) atoms. The molecule has 5 rings (SSSR count). The molecule has 0 amide bonds. The Morgan fingerprint density at radius 2 is 1.68 bits per heavy atom. The normalized spacial score (nSPS) is 14.8. The second-order valence-electron chi connectivity index (χ2n) is 7.95. The Bertz CT molecular complexity index is 1180. The Labute approximate surface area is 181 Å². The van der Waals surface area contributed by atoms with Gasteiger partial charge in [-0.3, -0.25) is 0 Å². The minimum Gasteiger partial charge on any atom is -0.368 e. The summed E-state index contributed by atoms with van der Waals surface area (Å²) in [6.07, 6.45) is 2.55. The van der Waals surface area contributed by atoms with E-state index in [-0.39, 0.29) is 5.95 Å². The van der Waals surface area contributed by atoms with Gasteiger partial charge in [0.05, 0.1) is 16.9 Å². The van der Waals surface area contributed by atoms with Gasteiger partial charge in [-0.15, -0.1) is 0 Å². The zero-order chi connectivity index (χ0) is 21.2. The number of benzene rings is 1. The summed E-state index contributed by atoms with van der Waals surface area (Å²) in [6.45, 7) is 4.11. The summed E-state index contributed by atoms with van der Waals surface area (Å²) in [4.78, 5) is 23.1. The Balaban J connectivity index is 1.46. The van der Waals surface area contributed by atoms with Gasteiger partial charge < -0.3 is 15.5 Å². The van der Waals surface area contributed by atoms with Crippen LogP contribution in [0.1, 0.15) is 11.3 Å². The van der Waals surface area contributed by atoms with Crippen LogP contribution in [0.5, 0.6) is 0 Å². The summed E-state index contributed by atoms with van der Waals surface area (Å²) in [7, 11) is 2.16. The molecule has 0 aliphatic carbocycles. The number of hydrogen-bond donors (Lipinski definition) is 1. The number of pyridine rings is 2. The van der Waals surface area contributed by atoms with Crippen LogP contribution in [0.2, 0.25) is 0 Å². The Morgan fingerprint density at radius 3 is 2.42 bits per heavy atom. The molecule has 1 aliphatic rings. The van der Waals surface area contributed by atoms with Crippen molar-refractivity contribution in [1.82, 2.24) is 24.8 Å². The number of nitrogen functional groups attached to an aromatic ring is 1. The van der Waals surface area contributed by atoms with Crippen molar-refractivity contribution < 1.29 is 0 Å². The number of fused-ring (bicyclic) bond motifs is 1. The predicted octanol–water partition coefficient (Wildman–Crippen LogP) is 3.01. The molecule has 1 saturated heterocycles. The van der Waals surface area contributed by atoms with Crippen LogP contribution >= 0.6 is 0 Å². The van der Waals surface area contributed by atoms with Gasteiger partial charge in [0.15, 0.2) is 0 Å². The number of nitrogens with zero attached hydrogens (tertiary/aromatic N) is 6. The fourth-order valence-corrected chi connectivity index (χ4v) is 3.93. The lowest BCUT2D eigenvalue weighted by Crippen LogP contribution is -2.44. The second kappa shape index (κ2) is 8.28. The molecule has 1 aromatic carbocycles. The first kappa shape index (κ1) is 19.4. The van der Waals surface area contributed by atoms with E-state index < -0.39 is 0 Å². The molecule has 4 heterocycles. The lowest BCUT2D eigenvalue weighted by molar-refractivity contribution is 0.312. The van der Waals surface area contributed by atoms with Crippen molar-refractivity contribution in [2.24, 2.45) is 0 Å². The van der Waals surface area contributed by atoms with Gasteiger partial charge in [0, 0.05) is 44.4 Å². The molecule has 0 radical (unpaired) electrons. The second-order valence-corrected chi connectivity index (χ2v) is 7.95. The van der Waals surface area contributed by atoms with Crippen LogP contribution < -0.4 is 10.6 Å². The quantitative estimate of drug-likeness (QED) is 0.553. The van der Waals surface area contributed by atoms with E-state index in [1.165, 1.54) is 0 Å². The van der Waals surface area contributed by atoms with Gasteiger partial charge in [-0.25, -0.2) is 19.9 Å². The molecule has 2 N–H and O–H groups in total. The van der Waals surface area contributed by atoms with Crippen molar-refractivity contribution >= 4 is 22.8 Å². The fraction of sp³-hybridized carbons (Fsp3) is 0.250. The first-order chi connectivity index (χ1) is 15.2. The van der Waals surface area contributed by atoms with E-state index in [2.05, 4.69) is 51.1 Å². The molecule has 7 nitrogen and oxygen atoms in total. The third-order valence-corrected chi connectivity index (χ3v) is 5.72. The maximum Gasteiger partial charge on any atom is 0.220 e. The first-order valence-electron chi connectivity index (χ1n) is 10.5.